The van der Waals surface area contributed by atoms with E-state index in [1.165, 1.54) is 11.0 Å². The van der Waals surface area contributed by atoms with E-state index >= 15 is 0 Å². The minimum atomic E-state index is -0.471. The molecule has 0 saturated carbocycles. The molecule has 4 nitrogen and oxygen atoms in total. The second-order valence-corrected chi connectivity index (χ2v) is 4.82. The molecule has 0 radical (unpaired) electrons. The summed E-state index contributed by atoms with van der Waals surface area (Å²) in [6, 6.07) is 6.37. The fraction of sp³-hybridized carbons (Fsp3) is 0.333. The van der Waals surface area contributed by atoms with Crippen molar-refractivity contribution in [2.75, 3.05) is 19.6 Å². The van der Waals surface area contributed by atoms with Gasteiger partial charge in [-0.3, -0.25) is 4.79 Å². The first kappa shape index (κ1) is 13.2. The predicted octanol–water partition coefficient (Wildman–Crippen LogP) is 1.93. The SMILES string of the molecule is N#CC1CNCCN1C(=O)c1cc(Cl)ccc1Cl. The molecule has 6 heteroatoms. The van der Waals surface area contributed by atoms with Gasteiger partial charge in [0.05, 0.1) is 16.7 Å². The van der Waals surface area contributed by atoms with Gasteiger partial charge < -0.3 is 10.2 Å². The Morgan fingerprint density at radius 2 is 2.28 bits per heavy atom. The molecule has 18 heavy (non-hydrogen) atoms. The van der Waals surface area contributed by atoms with E-state index in [2.05, 4.69) is 11.4 Å². The summed E-state index contributed by atoms with van der Waals surface area (Å²) >= 11 is 11.9. The first-order valence-electron chi connectivity index (χ1n) is 5.50. The number of benzene rings is 1. The minimum absolute atomic E-state index is 0.254. The third kappa shape index (κ3) is 2.59. The van der Waals surface area contributed by atoms with E-state index in [0.29, 0.717) is 35.2 Å². The highest BCUT2D eigenvalue weighted by molar-refractivity contribution is 6.35. The van der Waals surface area contributed by atoms with Crippen LogP contribution in [0.3, 0.4) is 0 Å². The largest absolute Gasteiger partial charge is 0.320 e. The predicted molar refractivity (Wildman–Crippen MR) is 69.8 cm³/mol. The topological polar surface area (TPSA) is 56.1 Å². The fourth-order valence-electron chi connectivity index (χ4n) is 1.88. The van der Waals surface area contributed by atoms with Crippen molar-refractivity contribution in [2.45, 2.75) is 6.04 Å². The van der Waals surface area contributed by atoms with Crippen molar-refractivity contribution in [3.63, 3.8) is 0 Å². The zero-order valence-electron chi connectivity index (χ0n) is 9.49. The lowest BCUT2D eigenvalue weighted by Gasteiger charge is -2.32. The zero-order valence-corrected chi connectivity index (χ0v) is 11.0. The minimum Gasteiger partial charge on any atom is -0.320 e. The van der Waals surface area contributed by atoms with Crippen molar-refractivity contribution in [1.82, 2.24) is 10.2 Å². The van der Waals surface area contributed by atoms with Crippen LogP contribution in [0.2, 0.25) is 10.0 Å². The fourth-order valence-corrected chi connectivity index (χ4v) is 2.25. The summed E-state index contributed by atoms with van der Waals surface area (Å²) in [4.78, 5) is 13.9. The Bertz CT molecular complexity index is 513. The molecule has 1 amide bonds. The maximum absolute atomic E-state index is 12.3. The molecule has 1 saturated heterocycles. The summed E-state index contributed by atoms with van der Waals surface area (Å²) in [5, 5.41) is 12.9. The maximum Gasteiger partial charge on any atom is 0.256 e. The second-order valence-electron chi connectivity index (χ2n) is 3.97. The Balaban J connectivity index is 2.30. The number of hydrogen-bond donors (Lipinski definition) is 1. The number of piperazine rings is 1. The molecule has 1 aromatic rings. The van der Waals surface area contributed by atoms with Crippen molar-refractivity contribution < 1.29 is 4.79 Å². The molecule has 1 heterocycles. The van der Waals surface area contributed by atoms with Gasteiger partial charge in [-0.1, -0.05) is 23.2 Å². The van der Waals surface area contributed by atoms with Crippen LogP contribution in [0, 0.1) is 11.3 Å². The molecule has 1 aromatic carbocycles. The van der Waals surface area contributed by atoms with Crippen LogP contribution in [-0.2, 0) is 0 Å². The molecule has 1 aliphatic rings. The van der Waals surface area contributed by atoms with Gasteiger partial charge >= 0.3 is 0 Å². The molecular weight excluding hydrogens is 273 g/mol. The average Bonchev–Trinajstić information content (AvgIpc) is 2.40. The lowest BCUT2D eigenvalue weighted by molar-refractivity contribution is 0.0687. The number of hydrogen-bond acceptors (Lipinski definition) is 3. The van der Waals surface area contributed by atoms with E-state index in [4.69, 9.17) is 28.5 Å². The van der Waals surface area contributed by atoms with Gasteiger partial charge in [0.2, 0.25) is 0 Å². The highest BCUT2D eigenvalue weighted by Crippen LogP contribution is 2.23. The van der Waals surface area contributed by atoms with E-state index in [0.717, 1.165) is 0 Å². The molecule has 1 atom stereocenters. The smallest absolute Gasteiger partial charge is 0.256 e. The number of halogens is 2. The van der Waals surface area contributed by atoms with Crippen LogP contribution < -0.4 is 5.32 Å². The monoisotopic (exact) mass is 283 g/mol. The molecule has 94 valence electrons. The number of nitrogens with zero attached hydrogens (tertiary/aromatic N) is 2. The number of rotatable bonds is 1. The van der Waals surface area contributed by atoms with Gasteiger partial charge in [-0.05, 0) is 18.2 Å². The molecule has 1 unspecified atom stereocenters. The van der Waals surface area contributed by atoms with Crippen molar-refractivity contribution in [2.24, 2.45) is 0 Å². The van der Waals surface area contributed by atoms with Gasteiger partial charge in [0.15, 0.2) is 0 Å². The maximum atomic E-state index is 12.3. The first-order chi connectivity index (χ1) is 8.63. The summed E-state index contributed by atoms with van der Waals surface area (Å²) < 4.78 is 0. The van der Waals surface area contributed by atoms with E-state index in [1.54, 1.807) is 12.1 Å². The standard InChI is InChI=1S/C12H11Cl2N3O/c13-8-1-2-11(14)10(5-8)12(18)17-4-3-16-7-9(17)6-15/h1-2,5,9,16H,3-4,7H2. The molecule has 1 N–H and O–H groups in total. The molecule has 2 rings (SSSR count). The third-order valence-corrected chi connectivity index (χ3v) is 3.38. The zero-order chi connectivity index (χ0) is 13.1. The quantitative estimate of drug-likeness (QED) is 0.857. The molecule has 0 bridgehead atoms. The molecule has 1 aliphatic heterocycles. The van der Waals surface area contributed by atoms with Gasteiger partial charge in [-0.2, -0.15) is 5.26 Å². The van der Waals surface area contributed by atoms with E-state index in [-0.39, 0.29) is 5.91 Å². The normalized spacial score (nSPS) is 19.4. The van der Waals surface area contributed by atoms with Crippen LogP contribution in [0.15, 0.2) is 18.2 Å². The van der Waals surface area contributed by atoms with Crippen molar-refractivity contribution >= 4 is 29.1 Å². The van der Waals surface area contributed by atoms with Crippen molar-refractivity contribution in [1.29, 1.82) is 5.26 Å². The molecule has 1 fully saturated rings. The number of nitriles is 1. The number of carbonyl (C=O) groups excluding carboxylic acids is 1. The second kappa shape index (κ2) is 5.57. The van der Waals surface area contributed by atoms with Gasteiger partial charge in [0.25, 0.3) is 5.91 Å². The summed E-state index contributed by atoms with van der Waals surface area (Å²) in [5.41, 5.74) is 0.339. The van der Waals surface area contributed by atoms with Gasteiger partial charge in [-0.25, -0.2) is 0 Å². The van der Waals surface area contributed by atoms with Crippen LogP contribution in [0.25, 0.3) is 0 Å². The molecule has 0 aliphatic carbocycles. The van der Waals surface area contributed by atoms with Gasteiger partial charge in [-0.15, -0.1) is 0 Å². The lowest BCUT2D eigenvalue weighted by atomic mass is 10.1. The third-order valence-electron chi connectivity index (χ3n) is 2.81. The van der Waals surface area contributed by atoms with Crippen molar-refractivity contribution in [3.8, 4) is 6.07 Å². The summed E-state index contributed by atoms with van der Waals surface area (Å²) in [6.45, 7) is 1.63. The molecule has 0 aromatic heterocycles. The van der Waals surface area contributed by atoms with Crippen LogP contribution in [0.4, 0.5) is 0 Å². The Labute approximate surface area is 115 Å². The van der Waals surface area contributed by atoms with Crippen LogP contribution >= 0.6 is 23.2 Å². The Morgan fingerprint density at radius 3 is 3.00 bits per heavy atom. The number of amides is 1. The van der Waals surface area contributed by atoms with Gasteiger partial charge in [0, 0.05) is 24.7 Å². The summed E-state index contributed by atoms with van der Waals surface area (Å²) in [7, 11) is 0. The van der Waals surface area contributed by atoms with E-state index in [1.807, 2.05) is 0 Å². The molecule has 0 spiro atoms. The van der Waals surface area contributed by atoms with Crippen LogP contribution in [0.1, 0.15) is 10.4 Å². The number of nitrogens with one attached hydrogen (secondary N) is 1. The highest BCUT2D eigenvalue weighted by atomic mass is 35.5. The van der Waals surface area contributed by atoms with Crippen LogP contribution in [0.5, 0.6) is 0 Å². The lowest BCUT2D eigenvalue weighted by Crippen LogP contribution is -2.53. The Morgan fingerprint density at radius 1 is 1.50 bits per heavy atom. The highest BCUT2D eigenvalue weighted by Gasteiger charge is 2.28. The van der Waals surface area contributed by atoms with Crippen LogP contribution in [-0.4, -0.2) is 36.5 Å². The Hall–Kier alpha value is -1.28. The first-order valence-corrected chi connectivity index (χ1v) is 6.25. The Kier molecular flexibility index (Phi) is 4.07. The number of carbonyl (C=O) groups is 1. The summed E-state index contributed by atoms with van der Waals surface area (Å²) in [5.74, 6) is -0.254. The summed E-state index contributed by atoms with van der Waals surface area (Å²) in [6.07, 6.45) is 0. The van der Waals surface area contributed by atoms with E-state index in [9.17, 15) is 4.79 Å². The van der Waals surface area contributed by atoms with Crippen molar-refractivity contribution in [3.05, 3.63) is 33.8 Å². The molecular formula is C12H11Cl2N3O. The average molecular weight is 284 g/mol. The van der Waals surface area contributed by atoms with E-state index < -0.39 is 6.04 Å². The van der Waals surface area contributed by atoms with Gasteiger partial charge in [0.1, 0.15) is 6.04 Å².